The van der Waals surface area contributed by atoms with E-state index in [1.54, 1.807) is 24.5 Å². The topological polar surface area (TPSA) is 82.8 Å². The predicted octanol–water partition coefficient (Wildman–Crippen LogP) is 0.663. The summed E-state index contributed by atoms with van der Waals surface area (Å²) in [5.41, 5.74) is 0. The van der Waals surface area contributed by atoms with E-state index >= 15 is 0 Å². The molecular weight excluding hydrogens is 242 g/mol. The van der Waals surface area contributed by atoms with Crippen molar-refractivity contribution in [2.24, 2.45) is 0 Å². The zero-order chi connectivity index (χ0) is 12.3. The molecule has 2 aromatic rings. The Morgan fingerprint density at radius 2 is 2.41 bits per heavy atom. The van der Waals surface area contributed by atoms with E-state index in [0.717, 1.165) is 9.88 Å². The van der Waals surface area contributed by atoms with Gasteiger partial charge >= 0.3 is 5.97 Å². The standard InChI is InChI=1S/C9H11N5O2S/c1-3-16-9(15)8-11-12-13-14(8)5-7-4-10-6(2)17-7/h4H,3,5H2,1-2H3. The van der Waals surface area contributed by atoms with Crippen molar-refractivity contribution in [1.29, 1.82) is 0 Å². The Balaban J connectivity index is 2.16. The molecule has 0 aliphatic heterocycles. The van der Waals surface area contributed by atoms with Gasteiger partial charge in [-0.2, -0.15) is 0 Å². The number of hydrogen-bond donors (Lipinski definition) is 0. The lowest BCUT2D eigenvalue weighted by Crippen LogP contribution is -2.14. The van der Waals surface area contributed by atoms with Crippen LogP contribution in [0.15, 0.2) is 6.20 Å². The molecule has 0 radical (unpaired) electrons. The van der Waals surface area contributed by atoms with Gasteiger partial charge in [0.25, 0.3) is 5.82 Å². The number of aromatic nitrogens is 5. The quantitative estimate of drug-likeness (QED) is 0.744. The van der Waals surface area contributed by atoms with Crippen LogP contribution in [0.1, 0.15) is 27.4 Å². The van der Waals surface area contributed by atoms with E-state index in [1.165, 1.54) is 4.68 Å². The molecule has 0 amide bonds. The molecular formula is C9H11N5O2S. The molecule has 17 heavy (non-hydrogen) atoms. The molecule has 0 bridgehead atoms. The molecule has 0 aliphatic rings. The molecule has 0 saturated carbocycles. The molecule has 2 aromatic heterocycles. The lowest BCUT2D eigenvalue weighted by molar-refractivity contribution is 0.0505. The normalized spacial score (nSPS) is 10.5. The smallest absolute Gasteiger partial charge is 0.378 e. The maximum Gasteiger partial charge on any atom is 0.378 e. The zero-order valence-electron chi connectivity index (χ0n) is 9.45. The second kappa shape index (κ2) is 5.00. The summed E-state index contributed by atoms with van der Waals surface area (Å²) >= 11 is 1.54. The minimum Gasteiger partial charge on any atom is -0.460 e. The maximum atomic E-state index is 11.5. The van der Waals surface area contributed by atoms with E-state index in [1.807, 2.05) is 6.92 Å². The third-order valence-electron chi connectivity index (χ3n) is 1.96. The summed E-state index contributed by atoms with van der Waals surface area (Å²) in [4.78, 5) is 16.6. The van der Waals surface area contributed by atoms with E-state index in [0.29, 0.717) is 13.2 Å². The largest absolute Gasteiger partial charge is 0.460 e. The first kappa shape index (κ1) is 11.6. The molecule has 0 N–H and O–H groups in total. The van der Waals surface area contributed by atoms with Crippen LogP contribution in [0.5, 0.6) is 0 Å². The number of nitrogens with zero attached hydrogens (tertiary/aromatic N) is 5. The average molecular weight is 253 g/mol. The second-order valence-corrected chi connectivity index (χ2v) is 4.55. The summed E-state index contributed by atoms with van der Waals surface area (Å²) in [6, 6.07) is 0. The minimum absolute atomic E-state index is 0.109. The summed E-state index contributed by atoms with van der Waals surface area (Å²) in [6.45, 7) is 4.37. The predicted molar refractivity (Wildman–Crippen MR) is 59.7 cm³/mol. The lowest BCUT2D eigenvalue weighted by atomic mass is 10.5. The molecule has 0 fully saturated rings. The van der Waals surface area contributed by atoms with Crippen molar-refractivity contribution in [3.8, 4) is 0 Å². The van der Waals surface area contributed by atoms with Crippen LogP contribution in [-0.2, 0) is 11.3 Å². The van der Waals surface area contributed by atoms with E-state index in [2.05, 4.69) is 20.5 Å². The van der Waals surface area contributed by atoms with Gasteiger partial charge in [0.05, 0.1) is 18.2 Å². The lowest BCUT2D eigenvalue weighted by Gasteiger charge is -2.01. The average Bonchev–Trinajstić information content (AvgIpc) is 2.89. The van der Waals surface area contributed by atoms with Crippen LogP contribution in [-0.4, -0.2) is 37.8 Å². The maximum absolute atomic E-state index is 11.5. The van der Waals surface area contributed by atoms with Gasteiger partial charge < -0.3 is 4.74 Å². The molecule has 0 unspecified atom stereocenters. The molecule has 0 aliphatic carbocycles. The fourth-order valence-electron chi connectivity index (χ4n) is 1.28. The molecule has 0 atom stereocenters. The third kappa shape index (κ3) is 2.64. The van der Waals surface area contributed by atoms with Crippen molar-refractivity contribution in [2.45, 2.75) is 20.4 Å². The second-order valence-electron chi connectivity index (χ2n) is 3.23. The van der Waals surface area contributed by atoms with Crippen LogP contribution >= 0.6 is 11.3 Å². The number of aryl methyl sites for hydroxylation is 1. The van der Waals surface area contributed by atoms with Crippen LogP contribution in [0.2, 0.25) is 0 Å². The Kier molecular flexibility index (Phi) is 3.43. The van der Waals surface area contributed by atoms with E-state index < -0.39 is 5.97 Å². The minimum atomic E-state index is -0.515. The molecule has 2 rings (SSSR count). The third-order valence-corrected chi connectivity index (χ3v) is 2.86. The van der Waals surface area contributed by atoms with Crippen molar-refractivity contribution >= 4 is 17.3 Å². The van der Waals surface area contributed by atoms with Gasteiger partial charge in [-0.05, 0) is 24.3 Å². The number of rotatable bonds is 4. The molecule has 90 valence electrons. The summed E-state index contributed by atoms with van der Waals surface area (Å²) in [6.07, 6.45) is 1.75. The van der Waals surface area contributed by atoms with E-state index in [-0.39, 0.29) is 5.82 Å². The summed E-state index contributed by atoms with van der Waals surface area (Å²) in [5.74, 6) is -0.406. The number of esters is 1. The zero-order valence-corrected chi connectivity index (χ0v) is 10.3. The molecule has 2 heterocycles. The molecule has 0 aromatic carbocycles. The summed E-state index contributed by atoms with van der Waals surface area (Å²) < 4.78 is 6.26. The fourth-order valence-corrected chi connectivity index (χ4v) is 2.06. The van der Waals surface area contributed by atoms with Crippen molar-refractivity contribution in [3.05, 3.63) is 21.9 Å². The Morgan fingerprint density at radius 3 is 3.06 bits per heavy atom. The van der Waals surface area contributed by atoms with Crippen LogP contribution in [0.25, 0.3) is 0 Å². The highest BCUT2D eigenvalue weighted by Gasteiger charge is 2.17. The van der Waals surface area contributed by atoms with Crippen LogP contribution in [0.4, 0.5) is 0 Å². The van der Waals surface area contributed by atoms with E-state index in [9.17, 15) is 4.79 Å². The van der Waals surface area contributed by atoms with Crippen molar-refractivity contribution < 1.29 is 9.53 Å². The van der Waals surface area contributed by atoms with Crippen LogP contribution < -0.4 is 0 Å². The van der Waals surface area contributed by atoms with Crippen LogP contribution in [0.3, 0.4) is 0 Å². The van der Waals surface area contributed by atoms with Gasteiger partial charge in [-0.25, -0.2) is 14.5 Å². The van der Waals surface area contributed by atoms with Gasteiger partial charge in [-0.3, -0.25) is 0 Å². The number of ether oxygens (including phenoxy) is 1. The van der Waals surface area contributed by atoms with E-state index in [4.69, 9.17) is 4.74 Å². The number of carbonyl (C=O) groups is 1. The van der Waals surface area contributed by atoms with Gasteiger partial charge in [-0.15, -0.1) is 16.4 Å². The molecule has 8 heteroatoms. The first-order chi connectivity index (χ1) is 8.20. The monoisotopic (exact) mass is 253 g/mol. The number of carbonyl (C=O) groups excluding carboxylic acids is 1. The fraction of sp³-hybridized carbons (Fsp3) is 0.444. The first-order valence-electron chi connectivity index (χ1n) is 5.05. The highest BCUT2D eigenvalue weighted by molar-refractivity contribution is 7.11. The van der Waals surface area contributed by atoms with Crippen molar-refractivity contribution in [2.75, 3.05) is 6.61 Å². The van der Waals surface area contributed by atoms with Crippen LogP contribution in [0, 0.1) is 6.92 Å². The number of thiazole rings is 1. The molecule has 0 spiro atoms. The Hall–Kier alpha value is -1.83. The Morgan fingerprint density at radius 1 is 1.59 bits per heavy atom. The Bertz CT molecular complexity index is 521. The van der Waals surface area contributed by atoms with Gasteiger partial charge in [0.15, 0.2) is 0 Å². The van der Waals surface area contributed by atoms with Gasteiger partial charge in [0.2, 0.25) is 0 Å². The van der Waals surface area contributed by atoms with Gasteiger partial charge in [0, 0.05) is 11.1 Å². The Labute approximate surface area is 101 Å². The van der Waals surface area contributed by atoms with Gasteiger partial charge in [0.1, 0.15) is 0 Å². The summed E-state index contributed by atoms with van der Waals surface area (Å²) in [7, 11) is 0. The first-order valence-corrected chi connectivity index (χ1v) is 5.87. The number of hydrogen-bond acceptors (Lipinski definition) is 7. The molecule has 0 saturated heterocycles. The summed E-state index contributed by atoms with van der Waals surface area (Å²) in [5, 5.41) is 11.8. The highest BCUT2D eigenvalue weighted by Crippen LogP contribution is 2.13. The SMILES string of the molecule is CCOC(=O)c1nnnn1Cc1cnc(C)s1. The number of tetrazole rings is 1. The van der Waals surface area contributed by atoms with Gasteiger partial charge in [-0.1, -0.05) is 0 Å². The highest BCUT2D eigenvalue weighted by atomic mass is 32.1. The molecule has 7 nitrogen and oxygen atoms in total. The van der Waals surface area contributed by atoms with Crippen molar-refractivity contribution in [3.63, 3.8) is 0 Å². The van der Waals surface area contributed by atoms with Crippen molar-refractivity contribution in [1.82, 2.24) is 25.2 Å².